The highest BCUT2D eigenvalue weighted by atomic mass is 16.5. The lowest BCUT2D eigenvalue weighted by Crippen LogP contribution is -1.90. The van der Waals surface area contributed by atoms with Crippen LogP contribution in [0.4, 0.5) is 0 Å². The van der Waals surface area contributed by atoms with Crippen molar-refractivity contribution in [1.82, 2.24) is 9.97 Å². The molecule has 0 aliphatic carbocycles. The van der Waals surface area contributed by atoms with Crippen molar-refractivity contribution >= 4 is 10.9 Å². The molecule has 3 rings (SSSR count). The molecular formula is C19H16N2O2. The molecule has 0 aliphatic rings. The van der Waals surface area contributed by atoms with Gasteiger partial charge in [0.2, 0.25) is 0 Å². The van der Waals surface area contributed by atoms with Gasteiger partial charge in [0.05, 0.1) is 25.3 Å². The first-order chi connectivity index (χ1) is 11.3. The van der Waals surface area contributed by atoms with E-state index in [2.05, 4.69) is 27.9 Å². The molecule has 4 nitrogen and oxygen atoms in total. The molecule has 0 aliphatic heterocycles. The number of hydrogen-bond donors (Lipinski definition) is 0. The third-order valence-corrected chi connectivity index (χ3v) is 3.49. The van der Waals surface area contributed by atoms with Gasteiger partial charge in [0.25, 0.3) is 0 Å². The van der Waals surface area contributed by atoms with Crippen molar-refractivity contribution in [3.8, 4) is 23.3 Å². The van der Waals surface area contributed by atoms with Crippen molar-refractivity contribution < 1.29 is 9.47 Å². The van der Waals surface area contributed by atoms with Crippen LogP contribution < -0.4 is 9.47 Å². The van der Waals surface area contributed by atoms with Crippen molar-refractivity contribution in [2.24, 2.45) is 0 Å². The summed E-state index contributed by atoms with van der Waals surface area (Å²) < 4.78 is 10.6. The minimum Gasteiger partial charge on any atom is -0.497 e. The maximum absolute atomic E-state index is 5.33. The molecule has 1 aromatic heterocycles. The zero-order chi connectivity index (χ0) is 16.1. The molecule has 0 saturated carbocycles. The first kappa shape index (κ1) is 14.9. The molecule has 3 aromatic rings. The zero-order valence-corrected chi connectivity index (χ0v) is 13.0. The molecule has 2 aromatic carbocycles. The molecule has 0 spiro atoms. The first-order valence-electron chi connectivity index (χ1n) is 7.19. The van der Waals surface area contributed by atoms with Crippen LogP contribution in [0.15, 0.2) is 48.9 Å². The summed E-state index contributed by atoms with van der Waals surface area (Å²) in [5.74, 6) is 7.83. The number of ether oxygens (including phenoxy) is 2. The van der Waals surface area contributed by atoms with E-state index in [1.165, 1.54) is 0 Å². The standard InChI is InChI=1S/C19H16N2O2/c1-22-17-7-9-19(23-2)15(11-17)5-3-4-14-6-8-18-16(10-14)12-20-13-21-18/h6-13H,4H2,1-2H3. The number of benzene rings is 2. The van der Waals surface area contributed by atoms with Crippen molar-refractivity contribution in [3.05, 3.63) is 60.0 Å². The summed E-state index contributed by atoms with van der Waals surface area (Å²) in [7, 11) is 3.27. The smallest absolute Gasteiger partial charge is 0.134 e. The summed E-state index contributed by atoms with van der Waals surface area (Å²) in [6.45, 7) is 0. The Hall–Kier alpha value is -3.06. The Morgan fingerprint density at radius 3 is 2.78 bits per heavy atom. The molecule has 23 heavy (non-hydrogen) atoms. The molecular weight excluding hydrogens is 288 g/mol. The second kappa shape index (κ2) is 6.80. The van der Waals surface area contributed by atoms with Gasteiger partial charge in [-0.05, 0) is 35.9 Å². The summed E-state index contributed by atoms with van der Waals surface area (Å²) >= 11 is 0. The highest BCUT2D eigenvalue weighted by Crippen LogP contribution is 2.23. The highest BCUT2D eigenvalue weighted by molar-refractivity contribution is 5.78. The molecule has 0 amide bonds. The summed E-state index contributed by atoms with van der Waals surface area (Å²) in [4.78, 5) is 8.26. The van der Waals surface area contributed by atoms with Gasteiger partial charge in [-0.3, -0.25) is 0 Å². The fraction of sp³-hybridized carbons (Fsp3) is 0.158. The number of methoxy groups -OCH3 is 2. The summed E-state index contributed by atoms with van der Waals surface area (Å²) in [6, 6.07) is 11.7. The van der Waals surface area contributed by atoms with Crippen LogP contribution in [0.1, 0.15) is 11.1 Å². The van der Waals surface area contributed by atoms with E-state index < -0.39 is 0 Å². The predicted molar refractivity (Wildman–Crippen MR) is 89.7 cm³/mol. The number of fused-ring (bicyclic) bond motifs is 1. The number of nitrogens with zero attached hydrogens (tertiary/aromatic N) is 2. The van der Waals surface area contributed by atoms with Crippen LogP contribution in [0, 0.1) is 11.8 Å². The lowest BCUT2D eigenvalue weighted by atomic mass is 10.1. The molecule has 0 fully saturated rings. The van der Waals surface area contributed by atoms with E-state index in [4.69, 9.17) is 9.47 Å². The van der Waals surface area contributed by atoms with E-state index in [-0.39, 0.29) is 0 Å². The minimum absolute atomic E-state index is 0.644. The summed E-state index contributed by atoms with van der Waals surface area (Å²) in [5.41, 5.74) is 2.88. The van der Waals surface area contributed by atoms with Crippen LogP contribution in [-0.4, -0.2) is 24.2 Å². The zero-order valence-electron chi connectivity index (χ0n) is 13.0. The van der Waals surface area contributed by atoms with Crippen molar-refractivity contribution in [1.29, 1.82) is 0 Å². The van der Waals surface area contributed by atoms with E-state index in [1.807, 2.05) is 36.5 Å². The fourth-order valence-corrected chi connectivity index (χ4v) is 2.30. The molecule has 0 saturated heterocycles. The van der Waals surface area contributed by atoms with Crippen LogP contribution in [0.5, 0.6) is 11.5 Å². The molecule has 0 atom stereocenters. The third kappa shape index (κ3) is 3.41. The Balaban J connectivity index is 1.84. The number of rotatable bonds is 3. The molecule has 0 unspecified atom stereocenters. The summed E-state index contributed by atoms with van der Waals surface area (Å²) in [5, 5.41) is 1.02. The molecule has 0 bridgehead atoms. The van der Waals surface area contributed by atoms with Gasteiger partial charge in [0.1, 0.15) is 17.8 Å². The maximum Gasteiger partial charge on any atom is 0.134 e. The highest BCUT2D eigenvalue weighted by Gasteiger charge is 2.02. The van der Waals surface area contributed by atoms with Crippen LogP contribution in [0.25, 0.3) is 10.9 Å². The Morgan fingerprint density at radius 1 is 1.04 bits per heavy atom. The van der Waals surface area contributed by atoms with Crippen molar-refractivity contribution in [2.45, 2.75) is 6.42 Å². The SMILES string of the molecule is COc1ccc(OC)c(C#CCc2ccc3ncncc3c2)c1. The molecule has 0 N–H and O–H groups in total. The van der Waals surface area contributed by atoms with Crippen LogP contribution in [-0.2, 0) is 6.42 Å². The van der Waals surface area contributed by atoms with Gasteiger partial charge in [0, 0.05) is 18.0 Å². The van der Waals surface area contributed by atoms with E-state index in [1.54, 1.807) is 20.5 Å². The second-order valence-electron chi connectivity index (χ2n) is 4.96. The van der Waals surface area contributed by atoms with Crippen molar-refractivity contribution in [3.63, 3.8) is 0 Å². The van der Waals surface area contributed by atoms with Crippen LogP contribution in [0.2, 0.25) is 0 Å². The van der Waals surface area contributed by atoms with Crippen LogP contribution >= 0.6 is 0 Å². The average molecular weight is 304 g/mol. The van der Waals surface area contributed by atoms with E-state index >= 15 is 0 Å². The van der Waals surface area contributed by atoms with Gasteiger partial charge in [-0.15, -0.1) is 0 Å². The minimum atomic E-state index is 0.644. The normalized spacial score (nSPS) is 10.0. The summed E-state index contributed by atoms with van der Waals surface area (Å²) in [6.07, 6.45) is 4.01. The van der Waals surface area contributed by atoms with Crippen LogP contribution in [0.3, 0.4) is 0 Å². The largest absolute Gasteiger partial charge is 0.497 e. The number of aromatic nitrogens is 2. The van der Waals surface area contributed by atoms with Gasteiger partial charge >= 0.3 is 0 Å². The first-order valence-corrected chi connectivity index (χ1v) is 7.19. The quantitative estimate of drug-likeness (QED) is 0.697. The monoisotopic (exact) mass is 304 g/mol. The Bertz CT molecular complexity index is 895. The molecule has 4 heteroatoms. The topological polar surface area (TPSA) is 44.2 Å². The lowest BCUT2D eigenvalue weighted by molar-refractivity contribution is 0.402. The Morgan fingerprint density at radius 2 is 1.96 bits per heavy atom. The Labute approximate surface area is 135 Å². The maximum atomic E-state index is 5.33. The van der Waals surface area contributed by atoms with E-state index in [0.717, 1.165) is 33.5 Å². The molecule has 114 valence electrons. The molecule has 1 heterocycles. The van der Waals surface area contributed by atoms with Crippen molar-refractivity contribution in [2.75, 3.05) is 14.2 Å². The fourth-order valence-electron chi connectivity index (χ4n) is 2.30. The third-order valence-electron chi connectivity index (χ3n) is 3.49. The Kier molecular flexibility index (Phi) is 4.39. The predicted octanol–water partition coefficient (Wildman–Crippen LogP) is 3.24. The van der Waals surface area contributed by atoms with Gasteiger partial charge < -0.3 is 9.47 Å². The molecule has 0 radical (unpaired) electrons. The second-order valence-corrected chi connectivity index (χ2v) is 4.96. The number of hydrogen-bond acceptors (Lipinski definition) is 4. The van der Waals surface area contributed by atoms with E-state index in [0.29, 0.717) is 6.42 Å². The van der Waals surface area contributed by atoms with Gasteiger partial charge in [-0.2, -0.15) is 0 Å². The van der Waals surface area contributed by atoms with E-state index in [9.17, 15) is 0 Å². The average Bonchev–Trinajstić information content (AvgIpc) is 2.61. The van der Waals surface area contributed by atoms with Gasteiger partial charge in [0.15, 0.2) is 0 Å². The lowest BCUT2D eigenvalue weighted by Gasteiger charge is -2.05. The van der Waals surface area contributed by atoms with Gasteiger partial charge in [-0.1, -0.05) is 17.9 Å². The van der Waals surface area contributed by atoms with Gasteiger partial charge in [-0.25, -0.2) is 9.97 Å².